The quantitative estimate of drug-likeness (QED) is 0.874. The minimum absolute atomic E-state index is 0.0198. The van der Waals surface area contributed by atoms with Gasteiger partial charge in [-0.3, -0.25) is 4.79 Å². The summed E-state index contributed by atoms with van der Waals surface area (Å²) in [5, 5.41) is 11.9. The maximum absolute atomic E-state index is 12.3. The molecule has 0 saturated carbocycles. The average Bonchev–Trinajstić information content (AvgIpc) is 2.94. The predicted molar refractivity (Wildman–Crippen MR) is 81.9 cm³/mol. The number of benzene rings is 1. The van der Waals surface area contributed by atoms with Crippen LogP contribution in [0.25, 0.3) is 10.6 Å². The number of ketones is 1. The third-order valence-corrected chi connectivity index (χ3v) is 4.40. The number of thiazole rings is 1. The molecule has 1 aliphatic carbocycles. The molecule has 0 saturated heterocycles. The molecule has 1 aromatic carbocycles. The Kier molecular flexibility index (Phi) is 4.31. The van der Waals surface area contributed by atoms with Crippen LogP contribution in [0.4, 0.5) is 13.2 Å². The third-order valence-electron chi connectivity index (χ3n) is 3.49. The Morgan fingerprint density at radius 1 is 1.29 bits per heavy atom. The summed E-state index contributed by atoms with van der Waals surface area (Å²) in [5.74, 6) is -0.683. The SMILES string of the molecule is O=C1C=C(O)CC(c2csc(-c3cccc(OC(F)(F)F)c3)n2)C1. The molecule has 1 aliphatic rings. The second kappa shape index (κ2) is 6.27. The van der Waals surface area contributed by atoms with Crippen molar-refractivity contribution in [1.29, 1.82) is 0 Å². The number of aliphatic hydroxyl groups is 1. The fourth-order valence-electron chi connectivity index (χ4n) is 2.51. The average molecular weight is 355 g/mol. The van der Waals surface area contributed by atoms with Crippen LogP contribution < -0.4 is 4.74 Å². The zero-order valence-electron chi connectivity index (χ0n) is 12.2. The van der Waals surface area contributed by atoms with Gasteiger partial charge in [0, 0.05) is 35.8 Å². The molecule has 0 amide bonds. The van der Waals surface area contributed by atoms with Crippen LogP contribution in [0.3, 0.4) is 0 Å². The van der Waals surface area contributed by atoms with E-state index in [2.05, 4.69) is 9.72 Å². The molecule has 1 atom stereocenters. The minimum atomic E-state index is -4.75. The third kappa shape index (κ3) is 3.94. The molecule has 1 unspecified atom stereocenters. The summed E-state index contributed by atoms with van der Waals surface area (Å²) in [4.78, 5) is 15.9. The molecule has 3 rings (SSSR count). The number of aliphatic hydroxyl groups excluding tert-OH is 1. The van der Waals surface area contributed by atoms with Crippen LogP contribution in [0.2, 0.25) is 0 Å². The summed E-state index contributed by atoms with van der Waals surface area (Å²) in [6, 6.07) is 5.57. The molecule has 0 radical (unpaired) electrons. The lowest BCUT2D eigenvalue weighted by molar-refractivity contribution is -0.274. The Bertz CT molecular complexity index is 798. The summed E-state index contributed by atoms with van der Waals surface area (Å²) in [6.07, 6.45) is -2.96. The van der Waals surface area contributed by atoms with Crippen molar-refractivity contribution in [3.05, 3.63) is 47.2 Å². The first-order valence-electron chi connectivity index (χ1n) is 7.04. The monoisotopic (exact) mass is 355 g/mol. The van der Waals surface area contributed by atoms with Gasteiger partial charge >= 0.3 is 6.36 Å². The number of halogens is 3. The van der Waals surface area contributed by atoms with Gasteiger partial charge in [-0.05, 0) is 12.1 Å². The lowest BCUT2D eigenvalue weighted by Gasteiger charge is -2.16. The zero-order valence-corrected chi connectivity index (χ0v) is 13.0. The van der Waals surface area contributed by atoms with Crippen LogP contribution in [-0.4, -0.2) is 22.2 Å². The van der Waals surface area contributed by atoms with Crippen molar-refractivity contribution in [3.63, 3.8) is 0 Å². The fourth-order valence-corrected chi connectivity index (χ4v) is 3.41. The molecule has 126 valence electrons. The van der Waals surface area contributed by atoms with Gasteiger partial charge in [0.2, 0.25) is 0 Å². The molecule has 0 aliphatic heterocycles. The van der Waals surface area contributed by atoms with Gasteiger partial charge in [0.15, 0.2) is 5.78 Å². The molecule has 0 fully saturated rings. The number of rotatable bonds is 3. The summed E-state index contributed by atoms with van der Waals surface area (Å²) in [6.45, 7) is 0. The predicted octanol–water partition coefficient (Wildman–Crippen LogP) is 4.60. The van der Waals surface area contributed by atoms with Gasteiger partial charge in [-0.15, -0.1) is 24.5 Å². The van der Waals surface area contributed by atoms with Crippen LogP contribution in [0.5, 0.6) is 5.75 Å². The summed E-state index contributed by atoms with van der Waals surface area (Å²) < 4.78 is 40.8. The van der Waals surface area contributed by atoms with Crippen molar-refractivity contribution in [2.24, 2.45) is 0 Å². The van der Waals surface area contributed by atoms with Gasteiger partial charge in [0.05, 0.1) is 11.5 Å². The van der Waals surface area contributed by atoms with Crippen LogP contribution in [0.1, 0.15) is 24.5 Å². The second-order valence-electron chi connectivity index (χ2n) is 5.36. The molecule has 1 N–H and O–H groups in total. The van der Waals surface area contributed by atoms with Crippen molar-refractivity contribution >= 4 is 17.1 Å². The summed E-state index contributed by atoms with van der Waals surface area (Å²) in [7, 11) is 0. The van der Waals surface area contributed by atoms with Crippen molar-refractivity contribution in [3.8, 4) is 16.3 Å². The van der Waals surface area contributed by atoms with Gasteiger partial charge in [0.1, 0.15) is 10.8 Å². The van der Waals surface area contributed by atoms with Gasteiger partial charge in [-0.25, -0.2) is 4.98 Å². The number of carbonyl (C=O) groups is 1. The van der Waals surface area contributed by atoms with Crippen molar-refractivity contribution in [2.45, 2.75) is 25.1 Å². The number of hydrogen-bond acceptors (Lipinski definition) is 5. The Balaban J connectivity index is 1.82. The molecular weight excluding hydrogens is 343 g/mol. The van der Waals surface area contributed by atoms with Crippen molar-refractivity contribution < 1.29 is 27.8 Å². The van der Waals surface area contributed by atoms with Crippen molar-refractivity contribution in [2.75, 3.05) is 0 Å². The van der Waals surface area contributed by atoms with Gasteiger partial charge in [0.25, 0.3) is 0 Å². The number of hydrogen-bond donors (Lipinski definition) is 1. The smallest absolute Gasteiger partial charge is 0.512 e. The lowest BCUT2D eigenvalue weighted by atomic mass is 9.90. The topological polar surface area (TPSA) is 59.4 Å². The normalized spacial score (nSPS) is 18.4. The first-order valence-corrected chi connectivity index (χ1v) is 7.92. The zero-order chi connectivity index (χ0) is 17.3. The van der Waals surface area contributed by atoms with Crippen molar-refractivity contribution in [1.82, 2.24) is 4.98 Å². The molecule has 24 heavy (non-hydrogen) atoms. The highest BCUT2D eigenvalue weighted by Crippen LogP contribution is 2.35. The molecule has 2 aromatic rings. The van der Waals surface area contributed by atoms with Crippen LogP contribution in [0.15, 0.2) is 41.5 Å². The van der Waals surface area contributed by atoms with E-state index in [-0.39, 0.29) is 29.6 Å². The Labute approximate surface area is 139 Å². The van der Waals surface area contributed by atoms with E-state index < -0.39 is 6.36 Å². The van der Waals surface area contributed by atoms with Gasteiger partial charge < -0.3 is 9.84 Å². The number of aromatic nitrogens is 1. The van der Waals surface area contributed by atoms with E-state index in [9.17, 15) is 23.1 Å². The Morgan fingerprint density at radius 2 is 2.08 bits per heavy atom. The molecule has 1 heterocycles. The van der Waals surface area contributed by atoms with Gasteiger partial charge in [-0.1, -0.05) is 12.1 Å². The van der Waals surface area contributed by atoms with E-state index in [1.54, 1.807) is 11.4 Å². The largest absolute Gasteiger partial charge is 0.573 e. The number of ether oxygens (including phenoxy) is 1. The Morgan fingerprint density at radius 3 is 2.79 bits per heavy atom. The molecule has 4 nitrogen and oxygen atoms in total. The number of carbonyl (C=O) groups excluding carboxylic acids is 1. The first kappa shape index (κ1) is 16.5. The molecule has 1 aromatic heterocycles. The minimum Gasteiger partial charge on any atom is -0.512 e. The highest BCUT2D eigenvalue weighted by molar-refractivity contribution is 7.13. The summed E-state index contributed by atoms with van der Waals surface area (Å²) >= 11 is 1.27. The van der Waals surface area contributed by atoms with E-state index >= 15 is 0 Å². The van der Waals surface area contributed by atoms with Crippen LogP contribution in [0, 0.1) is 0 Å². The summed E-state index contributed by atoms with van der Waals surface area (Å²) in [5.41, 5.74) is 1.14. The van der Waals surface area contributed by atoms with Gasteiger partial charge in [-0.2, -0.15) is 0 Å². The maximum atomic E-state index is 12.3. The second-order valence-corrected chi connectivity index (χ2v) is 6.22. The fraction of sp³-hybridized carbons (Fsp3) is 0.250. The highest BCUT2D eigenvalue weighted by Gasteiger charge is 2.31. The highest BCUT2D eigenvalue weighted by atomic mass is 32.1. The molecular formula is C16H12F3NO3S. The van der Waals surface area contributed by atoms with E-state index in [1.165, 1.54) is 35.6 Å². The van der Waals surface area contributed by atoms with Crippen LogP contribution in [-0.2, 0) is 4.79 Å². The van der Waals surface area contributed by atoms with E-state index in [0.717, 1.165) is 0 Å². The first-order chi connectivity index (χ1) is 11.3. The van der Waals surface area contributed by atoms with E-state index in [4.69, 9.17) is 0 Å². The molecule has 8 heteroatoms. The van der Waals surface area contributed by atoms with E-state index in [0.29, 0.717) is 22.7 Å². The number of allylic oxidation sites excluding steroid dienone is 2. The Hall–Kier alpha value is -2.35. The van der Waals surface area contributed by atoms with Crippen LogP contribution >= 0.6 is 11.3 Å². The number of nitrogens with zero attached hydrogens (tertiary/aromatic N) is 1. The molecule has 0 bridgehead atoms. The number of alkyl halides is 3. The molecule has 0 spiro atoms. The standard InChI is InChI=1S/C16H12F3NO3S/c17-16(18,19)23-13-3-1-2-9(6-13)15-20-14(8-24-15)10-4-11(21)7-12(22)5-10/h1-3,6-8,10,21H,4-5H2. The van der Waals surface area contributed by atoms with E-state index in [1.807, 2.05) is 0 Å². The lowest BCUT2D eigenvalue weighted by Crippen LogP contribution is -2.17. The maximum Gasteiger partial charge on any atom is 0.573 e.